The van der Waals surface area contributed by atoms with Crippen LogP contribution in [0.4, 0.5) is 11.5 Å². The van der Waals surface area contributed by atoms with Gasteiger partial charge in [0.1, 0.15) is 11.5 Å². The van der Waals surface area contributed by atoms with Crippen LogP contribution in [0, 0.1) is 0 Å². The molecule has 0 atom stereocenters. The van der Waals surface area contributed by atoms with Crippen LogP contribution in [-0.2, 0) is 0 Å². The van der Waals surface area contributed by atoms with Crippen molar-refractivity contribution >= 4 is 28.1 Å². The van der Waals surface area contributed by atoms with E-state index in [2.05, 4.69) is 59.1 Å². The van der Waals surface area contributed by atoms with Gasteiger partial charge in [0.25, 0.3) is 0 Å². The van der Waals surface area contributed by atoms with Crippen molar-refractivity contribution in [3.8, 4) is 11.3 Å². The number of anilines is 2. The van der Waals surface area contributed by atoms with E-state index in [9.17, 15) is 0 Å². The molecule has 3 heteroatoms. The molecule has 3 heterocycles. The molecule has 3 nitrogen and oxygen atoms in total. The lowest BCUT2D eigenvalue weighted by molar-refractivity contribution is 1.06. The molecule has 22 heavy (non-hydrogen) atoms. The van der Waals surface area contributed by atoms with Gasteiger partial charge in [0.2, 0.25) is 0 Å². The highest BCUT2D eigenvalue weighted by Gasteiger charge is 2.24. The van der Waals surface area contributed by atoms with E-state index in [0.29, 0.717) is 0 Å². The van der Waals surface area contributed by atoms with Crippen molar-refractivity contribution in [1.82, 2.24) is 9.55 Å². The van der Waals surface area contributed by atoms with E-state index in [-0.39, 0.29) is 0 Å². The van der Waals surface area contributed by atoms with Gasteiger partial charge in [-0.25, -0.2) is 4.98 Å². The van der Waals surface area contributed by atoms with Crippen molar-refractivity contribution in [2.24, 2.45) is 0 Å². The molecular weight excluding hydrogens is 270 g/mol. The van der Waals surface area contributed by atoms with Gasteiger partial charge in [-0.3, -0.25) is 0 Å². The molecule has 0 aliphatic carbocycles. The van der Waals surface area contributed by atoms with Crippen LogP contribution in [0.1, 0.15) is 5.56 Å². The lowest BCUT2D eigenvalue weighted by Crippen LogP contribution is -2.14. The second-order valence-corrected chi connectivity index (χ2v) is 5.54. The number of para-hydroxylation sites is 2. The second kappa shape index (κ2) is 3.98. The maximum absolute atomic E-state index is 4.81. The number of nitrogens with zero attached hydrogens (tertiary/aromatic N) is 2. The Bertz CT molecular complexity index is 1030. The van der Waals surface area contributed by atoms with Crippen molar-refractivity contribution in [2.75, 3.05) is 5.32 Å². The van der Waals surface area contributed by atoms with Crippen LogP contribution in [-0.4, -0.2) is 9.55 Å². The number of benzene rings is 2. The number of nitrogens with one attached hydrogen (secondary N) is 1. The molecule has 0 unspecified atom stereocenters. The summed E-state index contributed by atoms with van der Waals surface area (Å²) in [6.07, 6.45) is 2.07. The van der Waals surface area contributed by atoms with Crippen LogP contribution >= 0.6 is 0 Å². The van der Waals surface area contributed by atoms with Crippen LogP contribution in [0.15, 0.2) is 67.4 Å². The number of fused-ring (bicyclic) bond motifs is 6. The third-order valence-electron chi connectivity index (χ3n) is 4.32. The summed E-state index contributed by atoms with van der Waals surface area (Å²) in [5.41, 5.74) is 6.35. The third-order valence-corrected chi connectivity index (χ3v) is 4.32. The number of aromatic nitrogens is 2. The van der Waals surface area contributed by atoms with Gasteiger partial charge >= 0.3 is 0 Å². The largest absolute Gasteiger partial charge is 0.339 e. The Morgan fingerprint density at radius 3 is 2.68 bits per heavy atom. The third kappa shape index (κ3) is 1.37. The van der Waals surface area contributed by atoms with E-state index in [0.717, 1.165) is 34.0 Å². The molecule has 0 fully saturated rings. The van der Waals surface area contributed by atoms with E-state index in [1.807, 2.05) is 18.2 Å². The number of hydrogen-bond acceptors (Lipinski definition) is 2. The molecule has 104 valence electrons. The van der Waals surface area contributed by atoms with Gasteiger partial charge in [0, 0.05) is 34.1 Å². The van der Waals surface area contributed by atoms with Crippen molar-refractivity contribution in [2.45, 2.75) is 0 Å². The van der Waals surface area contributed by atoms with Gasteiger partial charge in [-0.2, -0.15) is 0 Å². The highest BCUT2D eigenvalue weighted by Crippen LogP contribution is 2.42. The Morgan fingerprint density at radius 1 is 0.909 bits per heavy atom. The SMILES string of the molecule is C=C1c2ccccc2Nc2c3nc4ccccc4c-3ccn21. The van der Waals surface area contributed by atoms with E-state index >= 15 is 0 Å². The Balaban J connectivity index is 1.85. The monoisotopic (exact) mass is 283 g/mol. The predicted octanol–water partition coefficient (Wildman–Crippen LogP) is 4.72. The zero-order valence-electron chi connectivity index (χ0n) is 11.9. The summed E-state index contributed by atoms with van der Waals surface area (Å²) in [5, 5.41) is 4.70. The summed E-state index contributed by atoms with van der Waals surface area (Å²) in [4.78, 5) is 4.81. The average Bonchev–Trinajstić information content (AvgIpc) is 2.94. The van der Waals surface area contributed by atoms with E-state index in [1.165, 1.54) is 10.9 Å². The number of pyridine rings is 1. The van der Waals surface area contributed by atoms with Gasteiger partial charge in [-0.1, -0.05) is 43.0 Å². The highest BCUT2D eigenvalue weighted by atomic mass is 15.2. The van der Waals surface area contributed by atoms with Crippen molar-refractivity contribution in [3.05, 3.63) is 72.9 Å². The van der Waals surface area contributed by atoms with Crippen LogP contribution in [0.5, 0.6) is 0 Å². The zero-order valence-corrected chi connectivity index (χ0v) is 11.9. The summed E-state index contributed by atoms with van der Waals surface area (Å²) < 4.78 is 2.08. The van der Waals surface area contributed by atoms with Crippen molar-refractivity contribution < 1.29 is 0 Å². The summed E-state index contributed by atoms with van der Waals surface area (Å²) in [5.74, 6) is 0.984. The number of hydrogen-bond donors (Lipinski definition) is 1. The minimum absolute atomic E-state index is 0.971. The van der Waals surface area contributed by atoms with E-state index in [1.54, 1.807) is 0 Å². The van der Waals surface area contributed by atoms with Gasteiger partial charge in [0.15, 0.2) is 0 Å². The standard InChI is InChI=1S/C19H13N3/c1-12-13-6-2-4-8-16(13)21-19-18-15(10-11-22(12)19)14-7-3-5-9-17(14)20-18/h2-11,21H,1H2. The molecule has 0 spiro atoms. The fourth-order valence-electron chi connectivity index (χ4n) is 3.24. The van der Waals surface area contributed by atoms with Crippen LogP contribution in [0.3, 0.4) is 0 Å². The first-order valence-corrected chi connectivity index (χ1v) is 7.28. The maximum atomic E-state index is 4.81. The zero-order chi connectivity index (χ0) is 14.7. The molecule has 0 aromatic heterocycles. The van der Waals surface area contributed by atoms with Gasteiger partial charge < -0.3 is 9.88 Å². The van der Waals surface area contributed by atoms with Crippen LogP contribution < -0.4 is 5.32 Å². The van der Waals surface area contributed by atoms with Crippen LogP contribution in [0.25, 0.3) is 27.9 Å². The Kier molecular flexibility index (Phi) is 2.09. The van der Waals surface area contributed by atoms with Crippen LogP contribution in [0.2, 0.25) is 0 Å². The molecular formula is C19H13N3. The Hall–Kier alpha value is -3.07. The molecule has 0 saturated heterocycles. The number of rotatable bonds is 0. The van der Waals surface area contributed by atoms with E-state index < -0.39 is 0 Å². The molecule has 0 bridgehead atoms. The summed E-state index contributed by atoms with van der Waals surface area (Å²) in [6.45, 7) is 4.25. The molecule has 2 aromatic rings. The lowest BCUT2D eigenvalue weighted by Gasteiger charge is -2.27. The van der Waals surface area contributed by atoms with Gasteiger partial charge in [-0.05, 0) is 18.2 Å². The smallest absolute Gasteiger partial charge is 0.142 e. The second-order valence-electron chi connectivity index (χ2n) is 5.54. The quantitative estimate of drug-likeness (QED) is 0.446. The molecule has 3 aliphatic rings. The lowest BCUT2D eigenvalue weighted by atomic mass is 10.0. The Labute approximate surface area is 127 Å². The molecule has 0 radical (unpaired) electrons. The van der Waals surface area contributed by atoms with Crippen molar-refractivity contribution in [1.29, 1.82) is 0 Å². The summed E-state index contributed by atoms with van der Waals surface area (Å²) >= 11 is 0. The molecule has 2 aromatic carbocycles. The topological polar surface area (TPSA) is 29.9 Å². The minimum atomic E-state index is 0.971. The maximum Gasteiger partial charge on any atom is 0.142 e. The fourth-order valence-corrected chi connectivity index (χ4v) is 3.24. The first-order valence-electron chi connectivity index (χ1n) is 7.28. The highest BCUT2D eigenvalue weighted by molar-refractivity contribution is 6.02. The average molecular weight is 283 g/mol. The predicted molar refractivity (Wildman–Crippen MR) is 90.5 cm³/mol. The molecule has 0 amide bonds. The first-order chi connectivity index (χ1) is 10.8. The summed E-state index contributed by atoms with van der Waals surface area (Å²) in [6, 6.07) is 18.6. The normalized spacial score (nSPS) is 13.0. The molecule has 3 aliphatic heterocycles. The van der Waals surface area contributed by atoms with Crippen molar-refractivity contribution in [3.63, 3.8) is 0 Å². The Morgan fingerprint density at radius 2 is 1.73 bits per heavy atom. The molecule has 5 rings (SSSR count). The minimum Gasteiger partial charge on any atom is -0.339 e. The van der Waals surface area contributed by atoms with E-state index in [4.69, 9.17) is 4.98 Å². The molecule has 0 saturated carbocycles. The van der Waals surface area contributed by atoms with Gasteiger partial charge in [0.05, 0.1) is 5.52 Å². The summed E-state index contributed by atoms with van der Waals surface area (Å²) in [7, 11) is 0. The first kappa shape index (κ1) is 11.6. The van der Waals surface area contributed by atoms with Gasteiger partial charge in [-0.15, -0.1) is 0 Å². The molecule has 1 N–H and O–H groups in total. The fraction of sp³-hybridized carbons (Fsp3) is 0.